The minimum absolute atomic E-state index is 0.00678. The maximum Gasteiger partial charge on any atom is 0.326 e. The molecule has 31 heteroatoms. The monoisotopic (exact) mass is 1180 g/mol. The summed E-state index contributed by atoms with van der Waals surface area (Å²) in [5.74, 6) is -14.7. The van der Waals surface area contributed by atoms with Crippen LogP contribution in [0.4, 0.5) is 0 Å². The Morgan fingerprint density at radius 2 is 0.759 bits per heavy atom. The van der Waals surface area contributed by atoms with Gasteiger partial charge in [-0.2, -0.15) is 0 Å². The van der Waals surface area contributed by atoms with Gasteiger partial charge < -0.3 is 95.7 Å². The first-order chi connectivity index (χ1) is 38.9. The molecule has 0 aliphatic rings. The Morgan fingerprint density at radius 3 is 1.14 bits per heavy atom. The Morgan fingerprint density at radius 1 is 0.434 bits per heavy atom. The van der Waals surface area contributed by atoms with Gasteiger partial charge in [0.1, 0.15) is 54.4 Å². The molecule has 466 valence electrons. The third-order valence-corrected chi connectivity index (χ3v) is 12.2. The van der Waals surface area contributed by atoms with Gasteiger partial charge in [0.15, 0.2) is 5.96 Å². The van der Waals surface area contributed by atoms with E-state index in [0.717, 1.165) is 0 Å². The summed E-state index contributed by atoms with van der Waals surface area (Å²) in [4.78, 5) is 162. The van der Waals surface area contributed by atoms with Crippen molar-refractivity contribution >= 4 is 77.0 Å². The van der Waals surface area contributed by atoms with E-state index in [4.69, 9.17) is 17.2 Å². The van der Waals surface area contributed by atoms with Crippen LogP contribution in [-0.4, -0.2) is 194 Å². The van der Waals surface area contributed by atoms with Gasteiger partial charge in [0.25, 0.3) is 0 Å². The lowest BCUT2D eigenvalue weighted by Gasteiger charge is -2.28. The second-order valence-corrected chi connectivity index (χ2v) is 20.9. The normalized spacial score (nSPS) is 14.8. The number of aliphatic carboxylic acids is 3. The zero-order valence-electron chi connectivity index (χ0n) is 47.6. The van der Waals surface area contributed by atoms with E-state index in [0.29, 0.717) is 5.56 Å². The van der Waals surface area contributed by atoms with Gasteiger partial charge in [-0.15, -0.1) is 0 Å². The van der Waals surface area contributed by atoms with Crippen molar-refractivity contribution in [2.45, 2.75) is 166 Å². The van der Waals surface area contributed by atoms with Crippen molar-refractivity contribution in [3.05, 3.63) is 35.9 Å². The van der Waals surface area contributed by atoms with Crippen molar-refractivity contribution < 1.29 is 88.2 Å². The highest BCUT2D eigenvalue weighted by atomic mass is 16.4. The third kappa shape index (κ3) is 29.0. The molecule has 1 aromatic rings. The van der Waals surface area contributed by atoms with Gasteiger partial charge in [0.2, 0.25) is 53.2 Å². The third-order valence-electron chi connectivity index (χ3n) is 12.2. The standard InChI is InChI=1S/C52H85N13O18/c1-26(2)19-30(53)42(73)63-37(23-66)50(81)61-35(22-29-11-8-7-9-12-29)47(78)65-39(25-68)49(80)58-32(14-16-40(69)70)44(75)57-31(13-10-18-56-52(54)55)43(74)60-34(20-27(3)4)46(77)64-38(24-67)48(79)59-33(15-17-41(71)72)45(76)62-36(51(82)83)21-28(5)6/h7-9,11-12,26-28,30-39,66-68H,10,13-25,53H2,1-6H3,(H,57,75)(H,58,80)(H,59,79)(H,60,74)(H,61,81)(H,62,76)(H,63,73)(H,64,77)(H,65,78)(H,69,70)(H,71,72)(H,82,83)(H4,54,55,56)/t30-,31-,32-,33-,34-,35-,36-,37-,38-,39-/m0/s1. The number of aliphatic hydroxyl groups is 3. The number of nitrogens with zero attached hydrogens (tertiary/aromatic N) is 1. The summed E-state index contributed by atoms with van der Waals surface area (Å²) < 4.78 is 0. The summed E-state index contributed by atoms with van der Waals surface area (Å²) in [7, 11) is 0. The molecule has 21 N–H and O–H groups in total. The van der Waals surface area contributed by atoms with E-state index in [1.54, 1.807) is 58.0 Å². The molecule has 0 aromatic heterocycles. The van der Waals surface area contributed by atoms with Crippen LogP contribution in [0.25, 0.3) is 0 Å². The number of hydrogen-bond acceptors (Lipinski definition) is 17. The number of carboxylic acid groups (broad SMARTS) is 3. The van der Waals surface area contributed by atoms with Gasteiger partial charge >= 0.3 is 17.9 Å². The van der Waals surface area contributed by atoms with Gasteiger partial charge in [-0.25, -0.2) is 4.79 Å². The number of nitrogens with two attached hydrogens (primary N) is 3. The SMILES string of the molecule is CC(C)C[C@H](NC(=O)[C@H](CCC(=O)O)NC(=O)[C@H](CO)NC(=O)[C@H](CC(C)C)NC(=O)[C@H](CCCN=C(N)N)NC(=O)[C@H](CCC(=O)O)NC(=O)[C@H](CO)NC(=O)[C@H](Cc1ccccc1)NC(=O)[C@H](CO)NC(=O)[C@@H](N)CC(C)C)C(=O)O. The summed E-state index contributed by atoms with van der Waals surface area (Å²) >= 11 is 0. The Kier molecular flexibility index (Phi) is 33.3. The highest BCUT2D eigenvalue weighted by molar-refractivity contribution is 5.99. The molecule has 0 saturated carbocycles. The van der Waals surface area contributed by atoms with E-state index in [-0.39, 0.29) is 68.8 Å². The van der Waals surface area contributed by atoms with Crippen LogP contribution in [0, 0.1) is 17.8 Å². The van der Waals surface area contributed by atoms with Crippen molar-refractivity contribution in [2.24, 2.45) is 39.9 Å². The molecule has 31 nitrogen and oxygen atoms in total. The number of guanidine groups is 1. The quantitative estimate of drug-likeness (QED) is 0.0166. The molecule has 0 fully saturated rings. The minimum atomic E-state index is -1.88. The van der Waals surface area contributed by atoms with E-state index < -0.39 is 177 Å². The van der Waals surface area contributed by atoms with Crippen LogP contribution in [0.5, 0.6) is 0 Å². The van der Waals surface area contributed by atoms with Gasteiger partial charge in [-0.05, 0) is 68.3 Å². The summed E-state index contributed by atoms with van der Waals surface area (Å²) in [6.07, 6.45) is -3.03. The van der Waals surface area contributed by atoms with Crippen LogP contribution in [0.1, 0.15) is 105 Å². The van der Waals surface area contributed by atoms with Crippen molar-refractivity contribution in [1.82, 2.24) is 47.9 Å². The summed E-state index contributed by atoms with van der Waals surface area (Å²) in [5.41, 5.74) is 17.4. The fourth-order valence-electron chi connectivity index (χ4n) is 7.95. The number of carboxylic acids is 3. The molecule has 0 aliphatic carbocycles. The first-order valence-electron chi connectivity index (χ1n) is 27.0. The molecule has 0 aliphatic heterocycles. The molecule has 10 atom stereocenters. The Balaban J connectivity index is 3.54. The molecule has 0 radical (unpaired) electrons. The number of nitrogens with one attached hydrogen (secondary N) is 9. The van der Waals surface area contributed by atoms with Crippen LogP contribution in [0.3, 0.4) is 0 Å². The fraction of sp³-hybridized carbons (Fsp3) is 0.635. The average molecular weight is 1180 g/mol. The zero-order valence-corrected chi connectivity index (χ0v) is 47.6. The highest BCUT2D eigenvalue weighted by Gasteiger charge is 2.36. The first-order valence-corrected chi connectivity index (χ1v) is 27.0. The average Bonchev–Trinajstić information content (AvgIpc) is 3.42. The molecule has 0 bridgehead atoms. The summed E-state index contributed by atoms with van der Waals surface area (Å²) in [6, 6.07) is -7.74. The van der Waals surface area contributed by atoms with Crippen molar-refractivity contribution in [1.29, 1.82) is 0 Å². The predicted octanol–water partition coefficient (Wildman–Crippen LogP) is -5.10. The molecule has 0 unspecified atom stereocenters. The number of hydrogen-bond donors (Lipinski definition) is 18. The number of aliphatic hydroxyl groups excluding tert-OH is 3. The highest BCUT2D eigenvalue weighted by Crippen LogP contribution is 2.12. The zero-order chi connectivity index (χ0) is 63.1. The molecular formula is C52H85N13O18. The lowest BCUT2D eigenvalue weighted by Crippen LogP contribution is -2.61. The van der Waals surface area contributed by atoms with E-state index in [1.807, 2.05) is 13.8 Å². The molecule has 1 aromatic carbocycles. The van der Waals surface area contributed by atoms with Crippen LogP contribution in [-0.2, 0) is 64.0 Å². The topological polar surface area (TPSA) is 525 Å². The fourth-order valence-corrected chi connectivity index (χ4v) is 7.95. The number of amides is 9. The van der Waals surface area contributed by atoms with Crippen molar-refractivity contribution in [2.75, 3.05) is 26.4 Å². The number of carbonyl (C=O) groups is 12. The number of carbonyl (C=O) groups excluding carboxylic acids is 9. The Labute approximate surface area is 480 Å². The van der Waals surface area contributed by atoms with Gasteiger partial charge in [0.05, 0.1) is 25.9 Å². The molecular weight excluding hydrogens is 1090 g/mol. The van der Waals surface area contributed by atoms with E-state index in [2.05, 4.69) is 52.8 Å². The van der Waals surface area contributed by atoms with Gasteiger partial charge in [-0.3, -0.25) is 57.7 Å². The second kappa shape index (κ2) is 37.9. The van der Waals surface area contributed by atoms with E-state index >= 15 is 0 Å². The van der Waals surface area contributed by atoms with Crippen molar-refractivity contribution in [3.63, 3.8) is 0 Å². The number of benzene rings is 1. The number of aliphatic imine (C=N–C) groups is 1. The summed E-state index contributed by atoms with van der Waals surface area (Å²) in [6.45, 7) is 7.10. The van der Waals surface area contributed by atoms with E-state index in [9.17, 15) is 88.2 Å². The smallest absolute Gasteiger partial charge is 0.326 e. The summed E-state index contributed by atoms with van der Waals surface area (Å²) in [5, 5.41) is 80.3. The molecule has 0 saturated heterocycles. The maximum atomic E-state index is 14.2. The first kappa shape index (κ1) is 73.0. The molecule has 0 heterocycles. The molecule has 83 heavy (non-hydrogen) atoms. The van der Waals surface area contributed by atoms with Crippen LogP contribution in [0.15, 0.2) is 35.3 Å². The Hall–Kier alpha value is -8.03. The molecule has 9 amide bonds. The van der Waals surface area contributed by atoms with Gasteiger partial charge in [0, 0.05) is 25.8 Å². The maximum absolute atomic E-state index is 14.2. The number of rotatable bonds is 40. The predicted molar refractivity (Wildman–Crippen MR) is 296 cm³/mol. The van der Waals surface area contributed by atoms with Crippen LogP contribution in [0.2, 0.25) is 0 Å². The lowest BCUT2D eigenvalue weighted by atomic mass is 10.0. The van der Waals surface area contributed by atoms with Crippen molar-refractivity contribution in [3.8, 4) is 0 Å². The second-order valence-electron chi connectivity index (χ2n) is 20.9. The van der Waals surface area contributed by atoms with Crippen LogP contribution < -0.4 is 65.1 Å². The van der Waals surface area contributed by atoms with Gasteiger partial charge in [-0.1, -0.05) is 71.9 Å². The van der Waals surface area contributed by atoms with Crippen LogP contribution >= 0.6 is 0 Å². The minimum Gasteiger partial charge on any atom is -0.481 e. The Bertz CT molecular complexity index is 2370. The largest absolute Gasteiger partial charge is 0.481 e. The van der Waals surface area contributed by atoms with E-state index in [1.165, 1.54) is 0 Å². The molecule has 1 rings (SSSR count). The lowest BCUT2D eigenvalue weighted by molar-refractivity contribution is -0.143. The molecule has 0 spiro atoms.